The van der Waals surface area contributed by atoms with Gasteiger partial charge in [0.15, 0.2) is 0 Å². The Morgan fingerprint density at radius 3 is 1.51 bits per heavy atom. The van der Waals surface area contributed by atoms with Gasteiger partial charge in [0.25, 0.3) is 0 Å². The van der Waals surface area contributed by atoms with Gasteiger partial charge in [-0.05, 0) is 109 Å². The smallest absolute Gasteiger partial charge is 0.145 e. The van der Waals surface area contributed by atoms with Crippen LogP contribution >= 0.6 is 0 Å². The van der Waals surface area contributed by atoms with Gasteiger partial charge >= 0.3 is 0 Å². The van der Waals surface area contributed by atoms with Crippen LogP contribution in [0.2, 0.25) is 0 Å². The topological polar surface area (TPSA) is 37.7 Å². The summed E-state index contributed by atoms with van der Waals surface area (Å²) in [6, 6.07) is 83.8. The van der Waals surface area contributed by atoms with Crippen molar-refractivity contribution in [1.29, 1.82) is 0 Å². The standard InChI is InChI=1S/C60H39N3O2/c1-5-20-41(21-6-1)61(42-22-7-2-8-23-42)45-36-40(37-46(38-45)62(43-24-9-3-10-25-43)53-32-19-35-56-57(53)48-29-14-17-33-54(48)64-56)50-39-51-47-28-13-16-31-52(47)63(44-26-11-4-12-27-44)59(51)58-49-30-15-18-34-55(49)65-60(50)58/h1-39H. The van der Waals surface area contributed by atoms with Crippen LogP contribution in [0.4, 0.5) is 34.1 Å². The third-order valence-electron chi connectivity index (χ3n) is 12.7. The van der Waals surface area contributed by atoms with Crippen molar-refractivity contribution in [1.82, 2.24) is 4.57 Å². The van der Waals surface area contributed by atoms with E-state index in [1.165, 1.54) is 5.39 Å². The van der Waals surface area contributed by atoms with Crippen LogP contribution in [0.5, 0.6) is 0 Å². The molecule has 3 aromatic heterocycles. The number of aromatic nitrogens is 1. The Morgan fingerprint density at radius 2 is 0.846 bits per heavy atom. The van der Waals surface area contributed by atoms with Gasteiger partial charge in [-0.15, -0.1) is 0 Å². The van der Waals surface area contributed by atoms with Crippen molar-refractivity contribution in [3.8, 4) is 16.8 Å². The van der Waals surface area contributed by atoms with Gasteiger partial charge in [0.05, 0.1) is 27.5 Å². The van der Waals surface area contributed by atoms with Gasteiger partial charge in [-0.2, -0.15) is 0 Å². The summed E-state index contributed by atoms with van der Waals surface area (Å²) in [6.07, 6.45) is 0. The summed E-state index contributed by atoms with van der Waals surface area (Å²) in [5.74, 6) is 0. The molecule has 0 saturated carbocycles. The second-order valence-electron chi connectivity index (χ2n) is 16.5. The van der Waals surface area contributed by atoms with Crippen LogP contribution in [-0.4, -0.2) is 4.57 Å². The largest absolute Gasteiger partial charge is 0.456 e. The number of hydrogen-bond donors (Lipinski definition) is 0. The van der Waals surface area contributed by atoms with E-state index in [2.05, 4.69) is 239 Å². The second-order valence-corrected chi connectivity index (χ2v) is 16.5. The van der Waals surface area contributed by atoms with E-state index in [1.54, 1.807) is 0 Å². The van der Waals surface area contributed by atoms with Gasteiger partial charge in [-0.3, -0.25) is 0 Å². The van der Waals surface area contributed by atoms with Crippen LogP contribution in [0.1, 0.15) is 0 Å². The number of furan rings is 2. The summed E-state index contributed by atoms with van der Waals surface area (Å²) in [5, 5.41) is 6.60. The van der Waals surface area contributed by atoms with Gasteiger partial charge in [0.1, 0.15) is 22.3 Å². The maximum Gasteiger partial charge on any atom is 0.145 e. The fraction of sp³-hybridized carbons (Fsp3) is 0. The molecule has 0 saturated heterocycles. The lowest BCUT2D eigenvalue weighted by Gasteiger charge is -2.30. The van der Waals surface area contributed by atoms with Crippen LogP contribution in [0.25, 0.3) is 82.5 Å². The molecule has 0 aliphatic carbocycles. The quantitative estimate of drug-likeness (QED) is 0.153. The molecule has 0 fully saturated rings. The van der Waals surface area contributed by atoms with Gasteiger partial charge < -0.3 is 23.2 Å². The predicted molar refractivity (Wildman–Crippen MR) is 270 cm³/mol. The molecular weight excluding hydrogens is 795 g/mol. The summed E-state index contributed by atoms with van der Waals surface area (Å²) in [7, 11) is 0. The summed E-state index contributed by atoms with van der Waals surface area (Å²) >= 11 is 0. The van der Waals surface area contributed by atoms with Crippen molar-refractivity contribution in [2.45, 2.75) is 0 Å². The highest BCUT2D eigenvalue weighted by atomic mass is 16.3. The van der Waals surface area contributed by atoms with Crippen LogP contribution in [-0.2, 0) is 0 Å². The first-order valence-electron chi connectivity index (χ1n) is 22.0. The zero-order valence-corrected chi connectivity index (χ0v) is 35.2. The van der Waals surface area contributed by atoms with Gasteiger partial charge in [0.2, 0.25) is 0 Å². The molecule has 13 rings (SSSR count). The molecule has 13 aromatic rings. The average molecular weight is 834 g/mol. The van der Waals surface area contributed by atoms with Crippen LogP contribution in [0, 0.1) is 0 Å². The molecule has 0 aliphatic rings. The Balaban J connectivity index is 1.17. The van der Waals surface area contributed by atoms with Crippen molar-refractivity contribution in [3.63, 3.8) is 0 Å². The molecule has 65 heavy (non-hydrogen) atoms. The molecule has 0 atom stereocenters. The lowest BCUT2D eigenvalue weighted by molar-refractivity contribution is 0.669. The van der Waals surface area contributed by atoms with Crippen molar-refractivity contribution >= 4 is 99.8 Å². The van der Waals surface area contributed by atoms with E-state index >= 15 is 0 Å². The number of para-hydroxylation sites is 7. The highest BCUT2D eigenvalue weighted by molar-refractivity contribution is 6.27. The molecule has 0 unspecified atom stereocenters. The molecule has 0 amide bonds. The normalized spacial score (nSPS) is 11.7. The van der Waals surface area contributed by atoms with Gasteiger partial charge in [-0.1, -0.05) is 133 Å². The molecule has 5 nitrogen and oxygen atoms in total. The molecule has 0 spiro atoms. The summed E-state index contributed by atoms with van der Waals surface area (Å²) in [6.45, 7) is 0. The minimum atomic E-state index is 0.834. The van der Waals surface area contributed by atoms with E-state index < -0.39 is 0 Å². The SMILES string of the molecule is c1ccc(N(c2ccccc2)c2cc(-c3cc4c5ccccc5n(-c5ccccc5)c4c4c3oc3ccccc34)cc(N(c3ccccc3)c3cccc4oc5ccccc5c34)c2)cc1. The number of anilines is 6. The van der Waals surface area contributed by atoms with E-state index in [9.17, 15) is 0 Å². The average Bonchev–Trinajstić information content (AvgIpc) is 4.05. The second kappa shape index (κ2) is 14.9. The van der Waals surface area contributed by atoms with Crippen molar-refractivity contribution in [2.24, 2.45) is 0 Å². The molecule has 5 heteroatoms. The fourth-order valence-corrected chi connectivity index (χ4v) is 9.95. The minimum absolute atomic E-state index is 0.834. The third-order valence-corrected chi connectivity index (χ3v) is 12.7. The summed E-state index contributed by atoms with van der Waals surface area (Å²) in [4.78, 5) is 4.72. The number of nitrogens with zero attached hydrogens (tertiary/aromatic N) is 3. The van der Waals surface area contributed by atoms with E-state index in [-0.39, 0.29) is 0 Å². The number of fused-ring (bicyclic) bond motifs is 10. The van der Waals surface area contributed by atoms with Gasteiger partial charge in [0, 0.05) is 61.2 Å². The van der Waals surface area contributed by atoms with Crippen LogP contribution in [0.15, 0.2) is 245 Å². The molecular formula is C60H39N3O2. The fourth-order valence-electron chi connectivity index (χ4n) is 9.95. The minimum Gasteiger partial charge on any atom is -0.456 e. The predicted octanol–water partition coefficient (Wildman–Crippen LogP) is 17.2. The Morgan fingerprint density at radius 1 is 0.338 bits per heavy atom. The lowest BCUT2D eigenvalue weighted by atomic mass is 9.96. The Labute approximate surface area is 374 Å². The molecule has 0 aliphatic heterocycles. The number of hydrogen-bond acceptors (Lipinski definition) is 4. The van der Waals surface area contributed by atoms with Crippen LogP contribution < -0.4 is 9.80 Å². The van der Waals surface area contributed by atoms with Crippen molar-refractivity contribution < 1.29 is 8.83 Å². The maximum atomic E-state index is 7.11. The molecule has 0 N–H and O–H groups in total. The first kappa shape index (κ1) is 36.8. The Kier molecular flexibility index (Phi) is 8.46. The lowest BCUT2D eigenvalue weighted by Crippen LogP contribution is -2.13. The highest BCUT2D eigenvalue weighted by Crippen LogP contribution is 2.50. The summed E-state index contributed by atoms with van der Waals surface area (Å²) in [5.41, 5.74) is 14.9. The van der Waals surface area contributed by atoms with E-state index in [4.69, 9.17) is 8.83 Å². The zero-order valence-electron chi connectivity index (χ0n) is 35.2. The van der Waals surface area contributed by atoms with Crippen molar-refractivity contribution in [3.05, 3.63) is 237 Å². The first-order valence-corrected chi connectivity index (χ1v) is 22.0. The molecule has 0 radical (unpaired) electrons. The highest BCUT2D eigenvalue weighted by Gasteiger charge is 2.26. The number of rotatable bonds is 8. The Hall–Kier alpha value is -8.80. The van der Waals surface area contributed by atoms with E-state index in [0.29, 0.717) is 0 Å². The van der Waals surface area contributed by atoms with Crippen molar-refractivity contribution in [2.75, 3.05) is 9.80 Å². The zero-order chi connectivity index (χ0) is 42.8. The molecule has 3 heterocycles. The Bertz CT molecular complexity index is 3850. The molecule has 10 aromatic carbocycles. The summed E-state index contributed by atoms with van der Waals surface area (Å²) < 4.78 is 16.0. The third kappa shape index (κ3) is 5.94. The monoisotopic (exact) mass is 833 g/mol. The van der Waals surface area contributed by atoms with E-state index in [0.717, 1.165) is 111 Å². The first-order chi connectivity index (χ1) is 32.3. The maximum absolute atomic E-state index is 7.11. The van der Waals surface area contributed by atoms with Crippen LogP contribution in [0.3, 0.4) is 0 Å². The van der Waals surface area contributed by atoms with E-state index in [1.807, 2.05) is 12.1 Å². The number of benzene rings is 10. The van der Waals surface area contributed by atoms with Gasteiger partial charge in [-0.25, -0.2) is 0 Å². The molecule has 306 valence electrons. The molecule has 0 bridgehead atoms.